The molecule has 2 aromatic heterocycles. The Morgan fingerprint density at radius 3 is 2.87 bits per heavy atom. The Balaban J connectivity index is 1.36. The molecule has 1 fully saturated rings. The van der Waals surface area contributed by atoms with Crippen molar-refractivity contribution in [2.24, 2.45) is 5.92 Å². The Hall–Kier alpha value is -3.25. The maximum absolute atomic E-state index is 12.1. The predicted octanol–water partition coefficient (Wildman–Crippen LogP) is 0.515. The fraction of sp³-hybridized carbons (Fsp3) is 0.333. The standard InChI is InChI=1S/C18H20N6O5S/c19-16-15-17(21-9-20-16)24(10-22-15)12-6-5-11(7-12)8-29-30(27,28)23-18(26)13-3-1-2-4-14(13)25/h1-4,9-12,25H,5-8H2,(H,23,26)(H2,19,20,21)/p-1/t11-,12+/m1/s1. The normalized spacial score (nSPS) is 19.2. The van der Waals surface area contributed by atoms with Crippen molar-refractivity contribution in [1.29, 1.82) is 0 Å². The van der Waals surface area contributed by atoms with Crippen LogP contribution < -0.4 is 15.6 Å². The number of nitrogen functional groups attached to an aromatic ring is 1. The number of nitrogens with one attached hydrogen (secondary N) is 1. The van der Waals surface area contributed by atoms with Crippen molar-refractivity contribution < 1.29 is 22.5 Å². The van der Waals surface area contributed by atoms with Crippen molar-refractivity contribution in [2.45, 2.75) is 25.3 Å². The van der Waals surface area contributed by atoms with E-state index in [2.05, 4.69) is 15.0 Å². The first-order valence-electron chi connectivity index (χ1n) is 9.24. The zero-order valence-corrected chi connectivity index (χ0v) is 16.6. The van der Waals surface area contributed by atoms with Gasteiger partial charge in [-0.2, -0.15) is 8.42 Å². The van der Waals surface area contributed by atoms with E-state index in [1.54, 1.807) is 11.0 Å². The van der Waals surface area contributed by atoms with Gasteiger partial charge in [-0.25, -0.2) is 19.7 Å². The highest BCUT2D eigenvalue weighted by atomic mass is 32.2. The van der Waals surface area contributed by atoms with Gasteiger partial charge in [0.1, 0.15) is 11.8 Å². The van der Waals surface area contributed by atoms with Crippen LogP contribution in [0.5, 0.6) is 5.75 Å². The molecule has 0 aliphatic heterocycles. The van der Waals surface area contributed by atoms with Crippen LogP contribution in [0.3, 0.4) is 0 Å². The lowest BCUT2D eigenvalue weighted by atomic mass is 10.1. The number of hydrogen-bond donors (Lipinski definition) is 2. The molecule has 158 valence electrons. The lowest BCUT2D eigenvalue weighted by molar-refractivity contribution is -0.268. The number of rotatable bonds is 6. The summed E-state index contributed by atoms with van der Waals surface area (Å²) in [6, 6.07) is 5.44. The average molecular weight is 431 g/mol. The van der Waals surface area contributed by atoms with E-state index in [4.69, 9.17) is 9.92 Å². The lowest BCUT2D eigenvalue weighted by Gasteiger charge is -2.15. The molecule has 1 aromatic carbocycles. The summed E-state index contributed by atoms with van der Waals surface area (Å²) in [5, 5.41) is 11.7. The van der Waals surface area contributed by atoms with Crippen LogP contribution in [0.25, 0.3) is 11.2 Å². The molecular weight excluding hydrogens is 412 g/mol. The average Bonchev–Trinajstić information content (AvgIpc) is 3.34. The summed E-state index contributed by atoms with van der Waals surface area (Å²) in [5.41, 5.74) is 6.71. The van der Waals surface area contributed by atoms with Crippen molar-refractivity contribution in [2.75, 3.05) is 12.3 Å². The van der Waals surface area contributed by atoms with E-state index in [0.717, 1.165) is 12.8 Å². The third-order valence-electron chi connectivity index (χ3n) is 5.10. The number of aromatic nitrogens is 4. The van der Waals surface area contributed by atoms with Gasteiger partial charge in [-0.3, -0.25) is 8.98 Å². The van der Waals surface area contributed by atoms with E-state index in [-0.39, 0.29) is 24.1 Å². The molecule has 0 unspecified atom stereocenters. The highest BCUT2D eigenvalue weighted by molar-refractivity contribution is 7.85. The summed E-state index contributed by atoms with van der Waals surface area (Å²) < 4.78 is 32.9. The Bertz CT molecular complexity index is 1190. The second-order valence-corrected chi connectivity index (χ2v) is 8.43. The van der Waals surface area contributed by atoms with Crippen molar-refractivity contribution in [3.63, 3.8) is 0 Å². The van der Waals surface area contributed by atoms with Crippen molar-refractivity contribution in [3.8, 4) is 5.75 Å². The third-order valence-corrected chi connectivity index (χ3v) is 5.98. The first kappa shape index (κ1) is 20.0. The predicted molar refractivity (Wildman–Crippen MR) is 104 cm³/mol. The van der Waals surface area contributed by atoms with Crippen molar-refractivity contribution >= 4 is 33.2 Å². The number of para-hydroxylation sites is 1. The highest BCUT2D eigenvalue weighted by Gasteiger charge is 2.29. The van der Waals surface area contributed by atoms with Gasteiger partial charge in [0, 0.05) is 11.6 Å². The number of fused-ring (bicyclic) bond motifs is 1. The minimum Gasteiger partial charge on any atom is -0.872 e. The second kappa shape index (κ2) is 7.88. The molecule has 1 aliphatic carbocycles. The summed E-state index contributed by atoms with van der Waals surface area (Å²) in [6.07, 6.45) is 5.21. The molecule has 12 heteroatoms. The summed E-state index contributed by atoms with van der Waals surface area (Å²) in [7, 11) is -4.34. The molecule has 4 rings (SSSR count). The maximum atomic E-state index is 12.1. The van der Waals surface area contributed by atoms with Crippen LogP contribution in [0.1, 0.15) is 35.7 Å². The van der Waals surface area contributed by atoms with Crippen LogP contribution in [0, 0.1) is 5.92 Å². The number of imidazole rings is 1. The van der Waals surface area contributed by atoms with Gasteiger partial charge < -0.3 is 15.4 Å². The Kier molecular flexibility index (Phi) is 5.26. The van der Waals surface area contributed by atoms with Crippen LogP contribution in [-0.2, 0) is 14.5 Å². The SMILES string of the molecule is Nc1ncnc2c1ncn2[C@H]1CC[C@@H](COS(=O)(=O)NC(=O)c2ccccc2[O-])C1. The first-order chi connectivity index (χ1) is 14.3. The largest absolute Gasteiger partial charge is 0.872 e. The number of amides is 1. The van der Waals surface area contributed by atoms with Crippen LogP contribution in [0.2, 0.25) is 0 Å². The first-order valence-corrected chi connectivity index (χ1v) is 10.7. The molecule has 1 amide bonds. The van der Waals surface area contributed by atoms with E-state index in [0.29, 0.717) is 23.4 Å². The Morgan fingerprint density at radius 1 is 1.27 bits per heavy atom. The molecule has 30 heavy (non-hydrogen) atoms. The fourth-order valence-corrected chi connectivity index (χ4v) is 4.40. The van der Waals surface area contributed by atoms with Crippen LogP contribution in [0.4, 0.5) is 5.82 Å². The quantitative estimate of drug-likeness (QED) is 0.565. The Labute approximate surface area is 172 Å². The van der Waals surface area contributed by atoms with Gasteiger partial charge in [0.15, 0.2) is 11.5 Å². The van der Waals surface area contributed by atoms with E-state index in [9.17, 15) is 18.3 Å². The number of nitrogens with zero attached hydrogens (tertiary/aromatic N) is 4. The Morgan fingerprint density at radius 2 is 2.07 bits per heavy atom. The number of hydrogen-bond acceptors (Lipinski definition) is 9. The molecule has 3 N–H and O–H groups in total. The van der Waals surface area contributed by atoms with Crippen LogP contribution in [-0.4, -0.2) is 40.5 Å². The molecule has 3 aromatic rings. The molecule has 11 nitrogen and oxygen atoms in total. The van der Waals surface area contributed by atoms with Crippen LogP contribution in [0.15, 0.2) is 36.9 Å². The zero-order chi connectivity index (χ0) is 21.3. The summed E-state index contributed by atoms with van der Waals surface area (Å²) in [4.78, 5) is 24.4. The van der Waals surface area contributed by atoms with E-state index in [1.807, 2.05) is 4.57 Å². The number of anilines is 1. The lowest BCUT2D eigenvalue weighted by Crippen LogP contribution is -2.33. The molecule has 0 spiro atoms. The smallest absolute Gasteiger partial charge is 0.362 e. The van der Waals surface area contributed by atoms with Crippen LogP contribution >= 0.6 is 0 Å². The van der Waals surface area contributed by atoms with Gasteiger partial charge in [-0.1, -0.05) is 30.0 Å². The monoisotopic (exact) mass is 431 g/mol. The second-order valence-electron chi connectivity index (χ2n) is 7.08. The van der Waals surface area contributed by atoms with Gasteiger partial charge in [-0.15, -0.1) is 0 Å². The minimum absolute atomic E-state index is 0.0369. The fourth-order valence-electron chi connectivity index (χ4n) is 3.63. The maximum Gasteiger partial charge on any atom is 0.362 e. The molecule has 0 bridgehead atoms. The van der Waals surface area contributed by atoms with Crippen molar-refractivity contribution in [3.05, 3.63) is 42.5 Å². The molecule has 2 heterocycles. The molecule has 0 radical (unpaired) electrons. The van der Waals surface area contributed by atoms with Gasteiger partial charge in [-0.05, 0) is 25.2 Å². The number of carbonyl (C=O) groups is 1. The molecular formula is C18H19N6O5S-. The van der Waals surface area contributed by atoms with E-state index in [1.165, 1.54) is 30.6 Å². The minimum atomic E-state index is -4.34. The molecule has 1 aliphatic rings. The number of nitrogens with two attached hydrogens (primary N) is 1. The topological polar surface area (TPSA) is 165 Å². The van der Waals surface area contributed by atoms with Gasteiger partial charge in [0.2, 0.25) is 0 Å². The van der Waals surface area contributed by atoms with E-state index < -0.39 is 22.0 Å². The highest BCUT2D eigenvalue weighted by Crippen LogP contribution is 2.36. The van der Waals surface area contributed by atoms with E-state index >= 15 is 0 Å². The van der Waals surface area contributed by atoms with Gasteiger partial charge in [0.05, 0.1) is 12.9 Å². The third kappa shape index (κ3) is 4.04. The summed E-state index contributed by atoms with van der Waals surface area (Å²) in [5.74, 6) is -1.32. The summed E-state index contributed by atoms with van der Waals surface area (Å²) in [6.45, 7) is -0.0815. The molecule has 2 atom stereocenters. The number of benzene rings is 1. The van der Waals surface area contributed by atoms with Crippen molar-refractivity contribution in [1.82, 2.24) is 24.2 Å². The molecule has 1 saturated carbocycles. The van der Waals surface area contributed by atoms with Gasteiger partial charge in [0.25, 0.3) is 5.91 Å². The summed E-state index contributed by atoms with van der Waals surface area (Å²) >= 11 is 0. The zero-order valence-electron chi connectivity index (χ0n) is 15.8. The van der Waals surface area contributed by atoms with Gasteiger partial charge >= 0.3 is 10.3 Å². The number of carbonyl (C=O) groups excluding carboxylic acids is 1. The molecule has 0 saturated heterocycles.